The van der Waals surface area contributed by atoms with Gasteiger partial charge in [0.05, 0.1) is 0 Å². The van der Waals surface area contributed by atoms with E-state index in [-0.39, 0.29) is 6.67 Å². The molecule has 0 bridgehead atoms. The van der Waals surface area contributed by atoms with Crippen molar-refractivity contribution < 1.29 is 4.39 Å². The molecule has 2 aliphatic rings. The first-order chi connectivity index (χ1) is 15.7. The molecule has 0 amide bonds. The van der Waals surface area contributed by atoms with E-state index in [1.54, 1.807) is 5.56 Å². The molecule has 0 heterocycles. The number of rotatable bonds is 9. The molecule has 2 aliphatic carbocycles. The van der Waals surface area contributed by atoms with Gasteiger partial charge in [-0.15, -0.1) is 6.58 Å². The Hall–Kier alpha value is -1.89. The maximum atomic E-state index is 12.7. The number of alkyl halides is 1. The lowest BCUT2D eigenvalue weighted by atomic mass is 9.68. The maximum Gasteiger partial charge on any atom is 0.115 e. The van der Waals surface area contributed by atoms with Crippen LogP contribution in [0.3, 0.4) is 0 Å². The Labute approximate surface area is 195 Å². The largest absolute Gasteiger partial charge is 0.246 e. The molecular weight excluding hydrogens is 391 g/mol. The van der Waals surface area contributed by atoms with Gasteiger partial charge < -0.3 is 0 Å². The smallest absolute Gasteiger partial charge is 0.115 e. The van der Waals surface area contributed by atoms with Gasteiger partial charge in [-0.1, -0.05) is 67.4 Å². The summed E-state index contributed by atoms with van der Waals surface area (Å²) in [7, 11) is 0. The van der Waals surface area contributed by atoms with Crippen LogP contribution in [0.15, 0.2) is 61.2 Å². The standard InChI is InChI=1S/C31H41F/c1-2-3-4-24-11-15-28(16-12-24)30-19-21-31(22-20-30)29-17-13-26(14-18-29)6-5-25-7-9-27(23-32)10-8-25/h2,7-10,13-14,17-18,24,28,30-31H,1,3-6,11-12,15-16,19-23H2. The van der Waals surface area contributed by atoms with Crippen molar-refractivity contribution in [3.05, 3.63) is 83.4 Å². The third-order valence-electron chi connectivity index (χ3n) is 8.44. The van der Waals surface area contributed by atoms with Crippen LogP contribution in [0.5, 0.6) is 0 Å². The van der Waals surface area contributed by atoms with Gasteiger partial charge in [0.15, 0.2) is 0 Å². The average molecular weight is 433 g/mol. The van der Waals surface area contributed by atoms with E-state index in [2.05, 4.69) is 49.1 Å². The van der Waals surface area contributed by atoms with Crippen molar-refractivity contribution in [2.45, 2.75) is 89.6 Å². The Morgan fingerprint density at radius 2 is 1.19 bits per heavy atom. The number of halogens is 1. The van der Waals surface area contributed by atoms with Gasteiger partial charge in [-0.3, -0.25) is 0 Å². The zero-order valence-electron chi connectivity index (χ0n) is 19.8. The maximum absolute atomic E-state index is 12.7. The lowest BCUT2D eigenvalue weighted by molar-refractivity contribution is 0.157. The Balaban J connectivity index is 1.20. The first-order valence-electron chi connectivity index (χ1n) is 13.1. The fourth-order valence-electron chi connectivity index (χ4n) is 6.27. The van der Waals surface area contributed by atoms with E-state index < -0.39 is 0 Å². The molecule has 0 unspecified atom stereocenters. The molecule has 172 valence electrons. The second kappa shape index (κ2) is 11.8. The topological polar surface area (TPSA) is 0 Å². The van der Waals surface area contributed by atoms with Gasteiger partial charge in [-0.25, -0.2) is 4.39 Å². The fraction of sp³-hybridized carbons (Fsp3) is 0.548. The molecule has 1 heteroatoms. The zero-order valence-corrected chi connectivity index (χ0v) is 19.8. The van der Waals surface area contributed by atoms with E-state index >= 15 is 0 Å². The van der Waals surface area contributed by atoms with Gasteiger partial charge in [0.25, 0.3) is 0 Å². The van der Waals surface area contributed by atoms with Crippen molar-refractivity contribution >= 4 is 0 Å². The van der Waals surface area contributed by atoms with E-state index in [0.29, 0.717) is 0 Å². The van der Waals surface area contributed by atoms with Crippen LogP contribution < -0.4 is 0 Å². The summed E-state index contributed by atoms with van der Waals surface area (Å²) >= 11 is 0. The first-order valence-corrected chi connectivity index (χ1v) is 13.1. The molecule has 0 saturated heterocycles. The van der Waals surface area contributed by atoms with Crippen molar-refractivity contribution in [3.63, 3.8) is 0 Å². The summed E-state index contributed by atoms with van der Waals surface area (Å²) in [5.41, 5.74) is 5.02. The summed E-state index contributed by atoms with van der Waals surface area (Å²) in [4.78, 5) is 0. The quantitative estimate of drug-likeness (QED) is 0.347. The zero-order chi connectivity index (χ0) is 22.2. The molecule has 0 aromatic heterocycles. The SMILES string of the molecule is C=CCCC1CCC(C2CCC(c3ccc(CCc4ccc(CF)cc4)cc3)CC2)CC1. The monoisotopic (exact) mass is 432 g/mol. The molecule has 2 fully saturated rings. The van der Waals surface area contributed by atoms with Crippen LogP contribution >= 0.6 is 0 Å². The number of aryl methyl sites for hydroxylation is 2. The predicted molar refractivity (Wildman–Crippen MR) is 135 cm³/mol. The van der Waals surface area contributed by atoms with Gasteiger partial charge in [-0.05, 0) is 110 Å². The van der Waals surface area contributed by atoms with Crippen molar-refractivity contribution in [2.24, 2.45) is 17.8 Å². The fourth-order valence-corrected chi connectivity index (χ4v) is 6.27. The van der Waals surface area contributed by atoms with Gasteiger partial charge in [0, 0.05) is 0 Å². The van der Waals surface area contributed by atoms with Crippen molar-refractivity contribution in [1.29, 1.82) is 0 Å². The number of hydrogen-bond acceptors (Lipinski definition) is 0. The van der Waals surface area contributed by atoms with Gasteiger partial charge in [-0.2, -0.15) is 0 Å². The van der Waals surface area contributed by atoms with Crippen LogP contribution in [0.4, 0.5) is 4.39 Å². The first kappa shape index (κ1) is 23.3. The molecule has 4 rings (SSSR count). The van der Waals surface area contributed by atoms with Crippen LogP contribution in [-0.4, -0.2) is 0 Å². The molecule has 2 saturated carbocycles. The Morgan fingerprint density at radius 3 is 1.72 bits per heavy atom. The summed E-state index contributed by atoms with van der Waals surface area (Å²) in [5.74, 6) is 3.71. The van der Waals surface area contributed by atoms with Crippen molar-refractivity contribution in [2.75, 3.05) is 0 Å². The third-order valence-corrected chi connectivity index (χ3v) is 8.44. The van der Waals surface area contributed by atoms with Crippen LogP contribution in [-0.2, 0) is 19.5 Å². The molecule has 0 N–H and O–H groups in total. The molecule has 0 radical (unpaired) electrons. The molecule has 2 aromatic rings. The second-order valence-electron chi connectivity index (χ2n) is 10.5. The average Bonchev–Trinajstić information content (AvgIpc) is 2.87. The van der Waals surface area contributed by atoms with Crippen molar-refractivity contribution in [1.82, 2.24) is 0 Å². The minimum atomic E-state index is -0.374. The Morgan fingerprint density at radius 1 is 0.688 bits per heavy atom. The lowest BCUT2D eigenvalue weighted by Gasteiger charge is -2.38. The molecule has 2 aromatic carbocycles. The summed E-state index contributed by atoms with van der Waals surface area (Å²) in [6.45, 7) is 3.51. The molecule has 32 heavy (non-hydrogen) atoms. The van der Waals surface area contributed by atoms with Gasteiger partial charge in [0.2, 0.25) is 0 Å². The third kappa shape index (κ3) is 6.33. The molecule has 0 spiro atoms. The van der Waals surface area contributed by atoms with E-state index in [1.165, 1.54) is 75.3 Å². The molecule has 0 atom stereocenters. The number of allylic oxidation sites excluding steroid dienone is 1. The molecule has 0 nitrogen and oxygen atoms in total. The number of hydrogen-bond donors (Lipinski definition) is 0. The highest BCUT2D eigenvalue weighted by molar-refractivity contribution is 5.28. The van der Waals surface area contributed by atoms with Crippen LogP contribution in [0.1, 0.15) is 92.4 Å². The Kier molecular flexibility index (Phi) is 8.60. The molecule has 0 aliphatic heterocycles. The second-order valence-corrected chi connectivity index (χ2v) is 10.5. The minimum absolute atomic E-state index is 0.374. The van der Waals surface area contributed by atoms with Gasteiger partial charge >= 0.3 is 0 Å². The minimum Gasteiger partial charge on any atom is -0.246 e. The van der Waals surface area contributed by atoms with Crippen molar-refractivity contribution in [3.8, 4) is 0 Å². The van der Waals surface area contributed by atoms with E-state index in [4.69, 9.17) is 0 Å². The predicted octanol–water partition coefficient (Wildman–Crippen LogP) is 8.99. The van der Waals surface area contributed by atoms with E-state index in [0.717, 1.165) is 42.1 Å². The van der Waals surface area contributed by atoms with E-state index in [9.17, 15) is 4.39 Å². The summed E-state index contributed by atoms with van der Waals surface area (Å²) in [5, 5.41) is 0. The highest BCUT2D eigenvalue weighted by atomic mass is 19.1. The highest BCUT2D eigenvalue weighted by Gasteiger charge is 2.31. The van der Waals surface area contributed by atoms with E-state index in [1.807, 2.05) is 12.1 Å². The van der Waals surface area contributed by atoms with Crippen LogP contribution in [0.25, 0.3) is 0 Å². The van der Waals surface area contributed by atoms with Crippen LogP contribution in [0.2, 0.25) is 0 Å². The molecular formula is C31H41F. The normalized spacial score (nSPS) is 26.0. The Bertz CT molecular complexity index is 803. The summed E-state index contributed by atoms with van der Waals surface area (Å²) < 4.78 is 12.7. The lowest BCUT2D eigenvalue weighted by Crippen LogP contribution is -2.25. The highest BCUT2D eigenvalue weighted by Crippen LogP contribution is 2.44. The summed E-state index contributed by atoms with van der Waals surface area (Å²) in [6, 6.07) is 17.4. The summed E-state index contributed by atoms with van der Waals surface area (Å²) in [6.07, 6.45) is 18.2. The van der Waals surface area contributed by atoms with Crippen LogP contribution in [0, 0.1) is 17.8 Å². The number of benzene rings is 2. The van der Waals surface area contributed by atoms with Gasteiger partial charge in [0.1, 0.15) is 6.67 Å².